The largest absolute Gasteiger partial charge is 0.471 e. The molecule has 3 aromatic rings. The molecule has 0 spiro atoms. The maximum absolute atomic E-state index is 12.5. The summed E-state index contributed by atoms with van der Waals surface area (Å²) >= 11 is 5.83. The maximum Gasteiger partial charge on any atom is 0.471 e. The van der Waals surface area contributed by atoms with E-state index >= 15 is 0 Å². The average molecular weight is 369 g/mol. The quantitative estimate of drug-likeness (QED) is 0.679. The average Bonchev–Trinajstić information content (AvgIpc) is 2.96. The number of carbonyl (C=O) groups is 1. The van der Waals surface area contributed by atoms with Crippen LogP contribution in [0.3, 0.4) is 0 Å². The lowest BCUT2D eigenvalue weighted by Gasteiger charge is -2.18. The summed E-state index contributed by atoms with van der Waals surface area (Å²) in [5.41, 5.74) is 1.82. The Morgan fingerprint density at radius 1 is 1.20 bits per heavy atom. The predicted molar refractivity (Wildman–Crippen MR) is 87.7 cm³/mol. The van der Waals surface area contributed by atoms with E-state index in [-0.39, 0.29) is 5.69 Å². The van der Waals surface area contributed by atoms with Crippen LogP contribution in [0.25, 0.3) is 11.1 Å². The summed E-state index contributed by atoms with van der Waals surface area (Å²) in [6.07, 6.45) is -4.52. The number of benzene rings is 2. The van der Waals surface area contributed by atoms with Gasteiger partial charge in [-0.3, -0.25) is 4.79 Å². The number of fused-ring (bicyclic) bond motifs is 1. The Kier molecular flexibility index (Phi) is 4.43. The number of carbonyl (C=O) groups excluding carboxylic acids is 1. The molecule has 0 bridgehead atoms. The standard InChI is InChI=1S/C17H12ClF3N2O2/c1-23(16(24)17(19,20)21)12-6-7-14-13(9-12)22-15(25-14)8-10-2-4-11(18)5-3-10/h2-7,9H,8H2,1H3. The molecule has 25 heavy (non-hydrogen) atoms. The van der Waals surface area contributed by atoms with Gasteiger partial charge >= 0.3 is 12.1 Å². The Hall–Kier alpha value is -2.54. The van der Waals surface area contributed by atoms with Gasteiger partial charge in [0, 0.05) is 24.2 Å². The molecule has 0 unspecified atom stereocenters. The highest BCUT2D eigenvalue weighted by Gasteiger charge is 2.41. The molecular weight excluding hydrogens is 357 g/mol. The van der Waals surface area contributed by atoms with Crippen molar-refractivity contribution in [2.24, 2.45) is 0 Å². The zero-order chi connectivity index (χ0) is 18.2. The van der Waals surface area contributed by atoms with Crippen LogP contribution in [0.5, 0.6) is 0 Å². The van der Waals surface area contributed by atoms with Gasteiger partial charge in [0.05, 0.1) is 0 Å². The lowest BCUT2D eigenvalue weighted by Crippen LogP contribution is -2.38. The highest BCUT2D eigenvalue weighted by atomic mass is 35.5. The van der Waals surface area contributed by atoms with Crippen molar-refractivity contribution in [3.8, 4) is 0 Å². The molecule has 0 saturated heterocycles. The minimum absolute atomic E-state index is 0.0844. The summed E-state index contributed by atoms with van der Waals surface area (Å²) in [6, 6.07) is 11.4. The van der Waals surface area contributed by atoms with E-state index in [4.69, 9.17) is 16.0 Å². The third-order valence-electron chi connectivity index (χ3n) is 3.62. The molecule has 1 aromatic heterocycles. The first-order chi connectivity index (χ1) is 11.7. The minimum atomic E-state index is -4.94. The summed E-state index contributed by atoms with van der Waals surface area (Å²) in [4.78, 5) is 16.1. The van der Waals surface area contributed by atoms with Crippen LogP contribution in [0.1, 0.15) is 11.5 Å². The van der Waals surface area contributed by atoms with Gasteiger partial charge in [-0.15, -0.1) is 0 Å². The summed E-state index contributed by atoms with van der Waals surface area (Å²) in [7, 11) is 1.06. The zero-order valence-corrected chi connectivity index (χ0v) is 13.7. The third kappa shape index (κ3) is 3.76. The van der Waals surface area contributed by atoms with E-state index in [0.717, 1.165) is 12.6 Å². The van der Waals surface area contributed by atoms with Gasteiger partial charge in [-0.1, -0.05) is 23.7 Å². The predicted octanol–water partition coefficient (Wildman–Crippen LogP) is 4.60. The van der Waals surface area contributed by atoms with Gasteiger partial charge in [-0.05, 0) is 35.9 Å². The SMILES string of the molecule is CN(C(=O)C(F)(F)F)c1ccc2oc(Cc3ccc(Cl)cc3)nc2c1. The number of nitrogens with zero attached hydrogens (tertiary/aromatic N) is 2. The van der Waals surface area contributed by atoms with E-state index in [1.54, 1.807) is 12.1 Å². The zero-order valence-electron chi connectivity index (χ0n) is 13.0. The number of oxazole rings is 1. The first-order valence-electron chi connectivity index (χ1n) is 7.23. The van der Waals surface area contributed by atoms with Crippen LogP contribution in [-0.2, 0) is 11.2 Å². The maximum atomic E-state index is 12.5. The number of amides is 1. The molecule has 1 heterocycles. The number of anilines is 1. The van der Waals surface area contributed by atoms with Crippen LogP contribution in [0.15, 0.2) is 46.9 Å². The lowest BCUT2D eigenvalue weighted by atomic mass is 10.1. The number of hydrogen-bond acceptors (Lipinski definition) is 3. The van der Waals surface area contributed by atoms with E-state index < -0.39 is 12.1 Å². The Balaban J connectivity index is 1.86. The second-order valence-electron chi connectivity index (χ2n) is 5.42. The molecule has 0 aliphatic heterocycles. The van der Waals surface area contributed by atoms with E-state index in [9.17, 15) is 18.0 Å². The van der Waals surface area contributed by atoms with Crippen LogP contribution >= 0.6 is 11.6 Å². The van der Waals surface area contributed by atoms with Gasteiger partial charge < -0.3 is 9.32 Å². The monoisotopic (exact) mass is 368 g/mol. The van der Waals surface area contributed by atoms with Crippen molar-refractivity contribution >= 4 is 34.3 Å². The molecule has 0 radical (unpaired) electrons. The smallest absolute Gasteiger partial charge is 0.440 e. The molecule has 0 N–H and O–H groups in total. The van der Waals surface area contributed by atoms with Crippen molar-refractivity contribution in [3.63, 3.8) is 0 Å². The van der Waals surface area contributed by atoms with Crippen LogP contribution in [0.2, 0.25) is 5.02 Å². The van der Waals surface area contributed by atoms with E-state index in [2.05, 4.69) is 4.98 Å². The Labute approximate surface area is 145 Å². The number of rotatable bonds is 3. The highest BCUT2D eigenvalue weighted by molar-refractivity contribution is 6.30. The number of halogens is 4. The summed E-state index contributed by atoms with van der Waals surface area (Å²) in [5, 5.41) is 0.614. The molecule has 130 valence electrons. The van der Waals surface area contributed by atoms with Crippen LogP contribution < -0.4 is 4.90 Å². The Morgan fingerprint density at radius 2 is 1.88 bits per heavy atom. The molecule has 0 fully saturated rings. The van der Waals surface area contributed by atoms with Crippen LogP contribution in [0.4, 0.5) is 18.9 Å². The summed E-state index contributed by atoms with van der Waals surface area (Å²) in [5.74, 6) is -1.53. The second kappa shape index (κ2) is 6.40. The molecular formula is C17H12ClF3N2O2. The van der Waals surface area contributed by atoms with E-state index in [1.807, 2.05) is 12.1 Å². The molecule has 4 nitrogen and oxygen atoms in total. The number of hydrogen-bond donors (Lipinski definition) is 0. The molecule has 8 heteroatoms. The van der Waals surface area contributed by atoms with Crippen molar-refractivity contribution in [2.45, 2.75) is 12.6 Å². The normalized spacial score (nSPS) is 11.7. The first kappa shape index (κ1) is 17.3. The van der Waals surface area contributed by atoms with Crippen molar-refractivity contribution in [3.05, 3.63) is 58.9 Å². The van der Waals surface area contributed by atoms with Gasteiger partial charge in [0.15, 0.2) is 11.5 Å². The third-order valence-corrected chi connectivity index (χ3v) is 3.87. The van der Waals surface area contributed by atoms with Gasteiger partial charge in [0.2, 0.25) is 0 Å². The van der Waals surface area contributed by atoms with Gasteiger partial charge in [0.1, 0.15) is 5.52 Å². The van der Waals surface area contributed by atoms with Crippen molar-refractivity contribution in [1.82, 2.24) is 4.98 Å². The van der Waals surface area contributed by atoms with Crippen LogP contribution in [-0.4, -0.2) is 24.1 Å². The second-order valence-corrected chi connectivity index (χ2v) is 5.86. The topological polar surface area (TPSA) is 46.3 Å². The fourth-order valence-electron chi connectivity index (χ4n) is 2.33. The van der Waals surface area contributed by atoms with E-state index in [0.29, 0.717) is 33.3 Å². The highest BCUT2D eigenvalue weighted by Crippen LogP contribution is 2.26. The van der Waals surface area contributed by atoms with Gasteiger partial charge in [-0.2, -0.15) is 13.2 Å². The molecule has 0 saturated carbocycles. The first-order valence-corrected chi connectivity index (χ1v) is 7.60. The Bertz CT molecular complexity index is 920. The summed E-state index contributed by atoms with van der Waals surface area (Å²) < 4.78 is 43.2. The van der Waals surface area contributed by atoms with Gasteiger partial charge in [-0.25, -0.2) is 4.98 Å². The van der Waals surface area contributed by atoms with Crippen molar-refractivity contribution in [1.29, 1.82) is 0 Å². The fraction of sp³-hybridized carbons (Fsp3) is 0.176. The minimum Gasteiger partial charge on any atom is -0.440 e. The van der Waals surface area contributed by atoms with Crippen molar-refractivity contribution in [2.75, 3.05) is 11.9 Å². The lowest BCUT2D eigenvalue weighted by molar-refractivity contribution is -0.170. The molecule has 0 atom stereocenters. The molecule has 1 amide bonds. The van der Waals surface area contributed by atoms with Crippen molar-refractivity contribution < 1.29 is 22.4 Å². The molecule has 2 aromatic carbocycles. The van der Waals surface area contributed by atoms with Crippen LogP contribution in [0, 0.1) is 0 Å². The van der Waals surface area contributed by atoms with E-state index in [1.165, 1.54) is 18.2 Å². The Morgan fingerprint density at radius 3 is 2.52 bits per heavy atom. The fourth-order valence-corrected chi connectivity index (χ4v) is 2.46. The molecule has 0 aliphatic carbocycles. The van der Waals surface area contributed by atoms with Gasteiger partial charge in [0.25, 0.3) is 0 Å². The summed E-state index contributed by atoms with van der Waals surface area (Å²) in [6.45, 7) is 0. The number of alkyl halides is 3. The molecule has 3 rings (SSSR count). The number of aromatic nitrogens is 1. The molecule has 0 aliphatic rings.